The van der Waals surface area contributed by atoms with Crippen molar-refractivity contribution in [1.82, 2.24) is 15.3 Å². The molecule has 0 aliphatic carbocycles. The first-order valence-electron chi connectivity index (χ1n) is 7.03. The lowest BCUT2D eigenvalue weighted by atomic mass is 10.2. The lowest BCUT2D eigenvalue weighted by molar-refractivity contribution is 0.0954. The van der Waals surface area contributed by atoms with Gasteiger partial charge in [0.15, 0.2) is 0 Å². The average Bonchev–Trinajstić information content (AvgIpc) is 3.16. The summed E-state index contributed by atoms with van der Waals surface area (Å²) >= 11 is 9.15. The molecule has 0 unspecified atom stereocenters. The Bertz CT molecular complexity index is 828. The molecule has 0 radical (unpaired) electrons. The third-order valence-corrected chi connectivity index (χ3v) is 5.33. The zero-order valence-corrected chi connectivity index (χ0v) is 14.8. The molecule has 0 aliphatic rings. The number of carbonyl (C=O) groups is 1. The van der Waals surface area contributed by atoms with E-state index in [1.54, 1.807) is 34.8 Å². The van der Waals surface area contributed by atoms with Crippen LogP contribution in [0, 0.1) is 6.92 Å². The van der Waals surface area contributed by atoms with Gasteiger partial charge < -0.3 is 5.32 Å². The minimum atomic E-state index is -0.138. The number of amides is 1. The van der Waals surface area contributed by atoms with E-state index in [2.05, 4.69) is 32.8 Å². The van der Waals surface area contributed by atoms with Gasteiger partial charge in [-0.25, -0.2) is 9.97 Å². The van der Waals surface area contributed by atoms with Crippen LogP contribution in [0.15, 0.2) is 35.8 Å². The number of thiophene rings is 1. The van der Waals surface area contributed by atoms with E-state index in [4.69, 9.17) is 11.6 Å². The van der Waals surface area contributed by atoms with Crippen LogP contribution in [-0.4, -0.2) is 22.4 Å². The molecule has 1 N–H and O–H groups in total. The summed E-state index contributed by atoms with van der Waals surface area (Å²) in [4.78, 5) is 22.8. The number of rotatable bonds is 5. The quantitative estimate of drug-likeness (QED) is 0.691. The molecular weight excluding hydrogens is 350 g/mol. The van der Waals surface area contributed by atoms with Crippen LogP contribution in [0.25, 0.3) is 10.6 Å². The summed E-state index contributed by atoms with van der Waals surface area (Å²) in [5, 5.41) is 6.35. The Balaban J connectivity index is 1.55. The van der Waals surface area contributed by atoms with Crippen molar-refractivity contribution in [2.24, 2.45) is 0 Å². The maximum atomic E-state index is 12.0. The van der Waals surface area contributed by atoms with Gasteiger partial charge in [-0.05, 0) is 37.6 Å². The highest BCUT2D eigenvalue weighted by Crippen LogP contribution is 2.29. The van der Waals surface area contributed by atoms with Crippen molar-refractivity contribution in [1.29, 1.82) is 0 Å². The van der Waals surface area contributed by atoms with Gasteiger partial charge in [0.2, 0.25) is 0 Å². The second kappa shape index (κ2) is 7.21. The number of aryl methyl sites for hydroxylation is 1. The first kappa shape index (κ1) is 16.1. The summed E-state index contributed by atoms with van der Waals surface area (Å²) in [6, 6.07) is 7.38. The third-order valence-electron chi connectivity index (χ3n) is 3.18. The summed E-state index contributed by atoms with van der Waals surface area (Å²) in [6.07, 6.45) is 2.32. The largest absolute Gasteiger partial charge is 0.352 e. The molecule has 0 saturated heterocycles. The Labute approximate surface area is 147 Å². The molecule has 0 spiro atoms. The van der Waals surface area contributed by atoms with Gasteiger partial charge in [0, 0.05) is 28.6 Å². The van der Waals surface area contributed by atoms with Crippen LogP contribution in [0.4, 0.5) is 0 Å². The summed E-state index contributed by atoms with van der Waals surface area (Å²) in [7, 11) is 0. The third kappa shape index (κ3) is 4.16. The van der Waals surface area contributed by atoms with Crippen molar-refractivity contribution in [3.8, 4) is 10.6 Å². The van der Waals surface area contributed by atoms with Crippen molar-refractivity contribution in [3.63, 3.8) is 0 Å². The Morgan fingerprint density at radius 2 is 2.22 bits per heavy atom. The van der Waals surface area contributed by atoms with E-state index in [9.17, 15) is 4.79 Å². The van der Waals surface area contributed by atoms with Gasteiger partial charge in [0.1, 0.15) is 5.15 Å². The molecule has 0 atom stereocenters. The van der Waals surface area contributed by atoms with E-state index in [1.807, 2.05) is 6.92 Å². The van der Waals surface area contributed by atoms with Crippen LogP contribution >= 0.6 is 34.3 Å². The van der Waals surface area contributed by atoms with Crippen LogP contribution in [0.3, 0.4) is 0 Å². The Kier molecular flexibility index (Phi) is 5.05. The summed E-state index contributed by atoms with van der Waals surface area (Å²) in [6.45, 7) is 2.58. The van der Waals surface area contributed by atoms with Crippen molar-refractivity contribution in [3.05, 3.63) is 56.4 Å². The number of aromatic nitrogens is 2. The van der Waals surface area contributed by atoms with E-state index in [0.717, 1.165) is 22.0 Å². The summed E-state index contributed by atoms with van der Waals surface area (Å²) < 4.78 is 0. The van der Waals surface area contributed by atoms with E-state index < -0.39 is 0 Å². The zero-order chi connectivity index (χ0) is 16.2. The molecule has 0 aromatic carbocycles. The topological polar surface area (TPSA) is 54.9 Å². The number of pyridine rings is 1. The second-order valence-corrected chi connectivity index (χ2v) is 7.51. The van der Waals surface area contributed by atoms with Gasteiger partial charge in [0.05, 0.1) is 15.6 Å². The number of nitrogens with one attached hydrogen (secondary N) is 1. The number of hydrogen-bond acceptors (Lipinski definition) is 5. The molecule has 23 heavy (non-hydrogen) atoms. The van der Waals surface area contributed by atoms with Gasteiger partial charge in [-0.3, -0.25) is 4.79 Å². The molecule has 1 amide bonds. The number of carbonyl (C=O) groups excluding carboxylic acids is 1. The monoisotopic (exact) mass is 363 g/mol. The highest BCUT2D eigenvalue weighted by Gasteiger charge is 2.08. The highest BCUT2D eigenvalue weighted by molar-refractivity contribution is 7.16. The standard InChI is InChI=1S/C16H14ClN3OS2/c1-10-20-13(9-22-10)14-3-2-12(23-14)5-7-19-16(21)11-4-6-18-15(17)8-11/h2-4,6,8-9H,5,7H2,1H3,(H,19,21). The van der Waals surface area contributed by atoms with Gasteiger partial charge in [-0.15, -0.1) is 22.7 Å². The molecule has 3 aromatic rings. The molecule has 0 fully saturated rings. The lowest BCUT2D eigenvalue weighted by Crippen LogP contribution is -2.25. The van der Waals surface area contributed by atoms with Gasteiger partial charge >= 0.3 is 0 Å². The fraction of sp³-hybridized carbons (Fsp3) is 0.188. The SMILES string of the molecule is Cc1nc(-c2ccc(CCNC(=O)c3ccnc(Cl)c3)s2)cs1. The first-order chi connectivity index (χ1) is 11.1. The Morgan fingerprint density at radius 3 is 2.96 bits per heavy atom. The Morgan fingerprint density at radius 1 is 1.35 bits per heavy atom. The summed E-state index contributed by atoms with van der Waals surface area (Å²) in [5.74, 6) is -0.138. The molecular formula is C16H14ClN3OS2. The minimum absolute atomic E-state index is 0.138. The molecule has 0 saturated carbocycles. The normalized spacial score (nSPS) is 10.7. The minimum Gasteiger partial charge on any atom is -0.352 e. The molecule has 0 aliphatic heterocycles. The molecule has 3 rings (SSSR count). The second-order valence-electron chi connectivity index (χ2n) is 4.89. The smallest absolute Gasteiger partial charge is 0.251 e. The van der Waals surface area contributed by atoms with Crippen molar-refractivity contribution in [2.45, 2.75) is 13.3 Å². The lowest BCUT2D eigenvalue weighted by Gasteiger charge is -2.04. The number of hydrogen-bond donors (Lipinski definition) is 1. The fourth-order valence-corrected chi connectivity index (χ4v) is 3.90. The molecule has 4 nitrogen and oxygen atoms in total. The van der Waals surface area contributed by atoms with Crippen molar-refractivity contribution >= 4 is 40.2 Å². The van der Waals surface area contributed by atoms with Gasteiger partial charge in [-0.2, -0.15) is 0 Å². The van der Waals surface area contributed by atoms with Crippen LogP contribution in [-0.2, 0) is 6.42 Å². The number of thiazole rings is 1. The van der Waals surface area contributed by atoms with Crippen LogP contribution in [0.5, 0.6) is 0 Å². The predicted molar refractivity (Wildman–Crippen MR) is 95.4 cm³/mol. The number of halogens is 1. The maximum Gasteiger partial charge on any atom is 0.251 e. The van der Waals surface area contributed by atoms with Crippen LogP contribution in [0.1, 0.15) is 20.2 Å². The van der Waals surface area contributed by atoms with Crippen molar-refractivity contribution in [2.75, 3.05) is 6.54 Å². The fourth-order valence-electron chi connectivity index (χ4n) is 2.07. The summed E-state index contributed by atoms with van der Waals surface area (Å²) in [5.41, 5.74) is 1.55. The van der Waals surface area contributed by atoms with E-state index in [0.29, 0.717) is 17.3 Å². The molecule has 3 heterocycles. The zero-order valence-electron chi connectivity index (χ0n) is 12.4. The molecule has 118 valence electrons. The van der Waals surface area contributed by atoms with Crippen molar-refractivity contribution < 1.29 is 4.79 Å². The molecule has 0 bridgehead atoms. The van der Waals surface area contributed by atoms with Gasteiger partial charge in [0.25, 0.3) is 5.91 Å². The molecule has 3 aromatic heterocycles. The van der Waals surface area contributed by atoms with E-state index >= 15 is 0 Å². The maximum absolute atomic E-state index is 12.0. The van der Waals surface area contributed by atoms with E-state index in [1.165, 1.54) is 11.1 Å². The van der Waals surface area contributed by atoms with Crippen LogP contribution in [0.2, 0.25) is 5.15 Å². The van der Waals surface area contributed by atoms with Gasteiger partial charge in [-0.1, -0.05) is 11.6 Å². The number of nitrogens with zero attached hydrogens (tertiary/aromatic N) is 2. The van der Waals surface area contributed by atoms with E-state index in [-0.39, 0.29) is 5.91 Å². The molecule has 7 heteroatoms. The Hall–Kier alpha value is -1.76. The van der Waals surface area contributed by atoms with Crippen LogP contribution < -0.4 is 5.32 Å². The average molecular weight is 364 g/mol. The first-order valence-corrected chi connectivity index (χ1v) is 9.10. The highest BCUT2D eigenvalue weighted by atomic mass is 35.5. The predicted octanol–water partition coefficient (Wildman–Crippen LogP) is 4.20.